The molecule has 12 heteroatoms. The van der Waals surface area contributed by atoms with Crippen molar-refractivity contribution < 1.29 is 22.3 Å². The minimum Gasteiger partial charge on any atom is -0.381 e. The van der Waals surface area contributed by atoms with Crippen LogP contribution in [-0.2, 0) is 14.6 Å². The van der Waals surface area contributed by atoms with Crippen molar-refractivity contribution in [2.24, 2.45) is 0 Å². The number of pyridine rings is 1. The van der Waals surface area contributed by atoms with E-state index >= 15 is 0 Å². The lowest BCUT2D eigenvalue weighted by molar-refractivity contribution is 0.0676. The quantitative estimate of drug-likeness (QED) is 0.362. The van der Waals surface area contributed by atoms with Crippen molar-refractivity contribution in [1.29, 1.82) is 0 Å². The highest BCUT2D eigenvalue weighted by Crippen LogP contribution is 2.32. The van der Waals surface area contributed by atoms with Crippen LogP contribution >= 0.6 is 0 Å². The number of hydrogen-bond acceptors (Lipinski definition) is 9. The van der Waals surface area contributed by atoms with Gasteiger partial charge >= 0.3 is 0 Å². The lowest BCUT2D eigenvalue weighted by Gasteiger charge is -2.26. The number of benzene rings is 1. The second-order valence-electron chi connectivity index (χ2n) is 8.55. The zero-order valence-corrected chi connectivity index (χ0v) is 20.7. The van der Waals surface area contributed by atoms with Crippen LogP contribution in [0.1, 0.15) is 34.9 Å². The lowest BCUT2D eigenvalue weighted by Crippen LogP contribution is -2.23. The van der Waals surface area contributed by atoms with E-state index in [-0.39, 0.29) is 34.3 Å². The minimum absolute atomic E-state index is 0.0756. The van der Waals surface area contributed by atoms with Gasteiger partial charge in [0.15, 0.2) is 5.82 Å². The van der Waals surface area contributed by atoms with Gasteiger partial charge in [-0.25, -0.2) is 27.8 Å². The number of sulfone groups is 1. The molecule has 0 unspecified atom stereocenters. The summed E-state index contributed by atoms with van der Waals surface area (Å²) in [7, 11) is -3.68. The van der Waals surface area contributed by atoms with Crippen LogP contribution < -0.4 is 5.32 Å². The monoisotopic (exact) mass is 522 g/mol. The van der Waals surface area contributed by atoms with E-state index < -0.39 is 15.7 Å². The van der Waals surface area contributed by atoms with E-state index in [1.807, 2.05) is 0 Å². The van der Waals surface area contributed by atoms with Gasteiger partial charge in [0.2, 0.25) is 26.7 Å². The van der Waals surface area contributed by atoms with Gasteiger partial charge < -0.3 is 14.6 Å². The van der Waals surface area contributed by atoms with Crippen LogP contribution in [0.5, 0.6) is 0 Å². The number of anilines is 2. The average Bonchev–Trinajstić information content (AvgIpc) is 3.37. The van der Waals surface area contributed by atoms with Gasteiger partial charge in [-0.3, -0.25) is 9.78 Å². The topological polar surface area (TPSA) is 129 Å². The van der Waals surface area contributed by atoms with Crippen LogP contribution in [0.3, 0.4) is 0 Å². The summed E-state index contributed by atoms with van der Waals surface area (Å²) in [4.78, 5) is 29.1. The van der Waals surface area contributed by atoms with E-state index in [0.717, 1.165) is 12.5 Å². The summed E-state index contributed by atoms with van der Waals surface area (Å²) in [6, 6.07) is 11.5. The van der Waals surface area contributed by atoms with Crippen molar-refractivity contribution in [3.8, 4) is 11.4 Å². The normalized spacial score (nSPS) is 14.4. The molecular formula is C25H23FN6O4S. The summed E-state index contributed by atoms with van der Waals surface area (Å²) in [5, 5.41) is 2.86. The van der Waals surface area contributed by atoms with Crippen molar-refractivity contribution in [1.82, 2.24) is 24.5 Å². The third-order valence-electron chi connectivity index (χ3n) is 5.94. The molecule has 1 aliphatic rings. The second-order valence-corrected chi connectivity index (χ2v) is 10.5. The fourth-order valence-electron chi connectivity index (χ4n) is 4.18. The molecule has 37 heavy (non-hydrogen) atoms. The Hall–Kier alpha value is -4.03. The Bertz CT molecular complexity index is 1540. The van der Waals surface area contributed by atoms with Crippen molar-refractivity contribution in [2.75, 3.05) is 24.8 Å². The molecule has 1 aromatic carbocycles. The van der Waals surface area contributed by atoms with Crippen LogP contribution in [0.25, 0.3) is 11.4 Å². The van der Waals surface area contributed by atoms with Gasteiger partial charge in [-0.05, 0) is 49.2 Å². The van der Waals surface area contributed by atoms with Crippen molar-refractivity contribution in [2.45, 2.75) is 24.0 Å². The Morgan fingerprint density at radius 3 is 2.49 bits per heavy atom. The summed E-state index contributed by atoms with van der Waals surface area (Å²) < 4.78 is 46.7. The fourth-order valence-corrected chi connectivity index (χ4v) is 5.02. The maximum atomic E-state index is 14.9. The highest BCUT2D eigenvalue weighted by atomic mass is 32.2. The number of halogens is 1. The van der Waals surface area contributed by atoms with Crippen LogP contribution in [0.4, 0.5) is 16.0 Å². The predicted molar refractivity (Wildman–Crippen MR) is 133 cm³/mol. The summed E-state index contributed by atoms with van der Waals surface area (Å²) in [6.45, 7) is 0.923. The first-order valence-corrected chi connectivity index (χ1v) is 13.4. The molecule has 10 nitrogen and oxygen atoms in total. The number of rotatable bonds is 7. The zero-order valence-electron chi connectivity index (χ0n) is 19.8. The van der Waals surface area contributed by atoms with Gasteiger partial charge in [0.1, 0.15) is 11.4 Å². The van der Waals surface area contributed by atoms with Gasteiger partial charge in [-0.1, -0.05) is 6.07 Å². The molecule has 0 radical (unpaired) electrons. The van der Waals surface area contributed by atoms with E-state index in [0.29, 0.717) is 43.0 Å². The number of ketones is 1. The standard InChI is InChI=1S/C25H23FN6O4S/c1-37(34,35)25-29-15-21(32(25)18-9-12-36-13-10-18)22-19(26)14-28-24(31-22)30-17-7-5-16(6-8-17)23(33)20-4-2-3-11-27-20/h2-8,11,14-15,18H,9-10,12-13H2,1H3,(H,28,30,31). The Labute approximate surface area is 212 Å². The van der Waals surface area contributed by atoms with E-state index in [2.05, 4.69) is 25.3 Å². The maximum Gasteiger partial charge on any atom is 0.228 e. The molecule has 0 amide bonds. The Balaban J connectivity index is 1.44. The van der Waals surface area contributed by atoms with Crippen LogP contribution in [0, 0.1) is 5.82 Å². The molecule has 3 aromatic heterocycles. The SMILES string of the molecule is CS(=O)(=O)c1ncc(-c2nc(Nc3ccc(C(=O)c4ccccn4)cc3)ncc2F)n1C1CCOCC1. The molecule has 190 valence electrons. The van der Waals surface area contributed by atoms with Crippen molar-refractivity contribution >= 4 is 27.3 Å². The number of imidazole rings is 1. The molecule has 0 bridgehead atoms. The van der Waals surface area contributed by atoms with Gasteiger partial charge in [-0.2, -0.15) is 0 Å². The molecule has 0 saturated carbocycles. The minimum atomic E-state index is -3.68. The van der Waals surface area contributed by atoms with Crippen LogP contribution in [0.15, 0.2) is 66.2 Å². The van der Waals surface area contributed by atoms with Crippen molar-refractivity contribution in [3.63, 3.8) is 0 Å². The van der Waals surface area contributed by atoms with E-state index in [4.69, 9.17) is 4.74 Å². The molecule has 1 aliphatic heterocycles. The number of carbonyl (C=O) groups excluding carboxylic acids is 1. The second kappa shape index (κ2) is 10.1. The molecule has 1 N–H and O–H groups in total. The number of aromatic nitrogens is 5. The maximum absolute atomic E-state index is 14.9. The summed E-state index contributed by atoms with van der Waals surface area (Å²) in [5.41, 5.74) is 1.53. The largest absolute Gasteiger partial charge is 0.381 e. The summed E-state index contributed by atoms with van der Waals surface area (Å²) >= 11 is 0. The first kappa shape index (κ1) is 24.7. The molecule has 4 heterocycles. The van der Waals surface area contributed by atoms with Crippen molar-refractivity contribution in [3.05, 3.63) is 78.1 Å². The zero-order chi connectivity index (χ0) is 26.0. The van der Waals surface area contributed by atoms with E-state index in [1.54, 1.807) is 48.7 Å². The molecule has 0 aliphatic carbocycles. The molecule has 1 saturated heterocycles. The first-order valence-electron chi connectivity index (χ1n) is 11.5. The van der Waals surface area contributed by atoms with Crippen LogP contribution in [0.2, 0.25) is 0 Å². The molecule has 0 atom stereocenters. The Morgan fingerprint density at radius 1 is 1.05 bits per heavy atom. The number of hydrogen-bond donors (Lipinski definition) is 1. The Morgan fingerprint density at radius 2 is 1.81 bits per heavy atom. The smallest absolute Gasteiger partial charge is 0.228 e. The third-order valence-corrected chi connectivity index (χ3v) is 6.90. The number of ether oxygens (including phenoxy) is 1. The predicted octanol–water partition coefficient (Wildman–Crippen LogP) is 3.60. The number of nitrogens with one attached hydrogen (secondary N) is 1. The first-order chi connectivity index (χ1) is 17.8. The molecule has 1 fully saturated rings. The molecule has 5 rings (SSSR count). The van der Waals surface area contributed by atoms with Gasteiger partial charge in [0, 0.05) is 43.0 Å². The highest BCUT2D eigenvalue weighted by molar-refractivity contribution is 7.90. The van der Waals surface area contributed by atoms with Gasteiger partial charge in [0.05, 0.1) is 18.1 Å². The third kappa shape index (κ3) is 5.25. The van der Waals surface area contributed by atoms with Gasteiger partial charge in [0.25, 0.3) is 0 Å². The van der Waals surface area contributed by atoms with E-state index in [1.165, 1.54) is 10.8 Å². The average molecular weight is 523 g/mol. The highest BCUT2D eigenvalue weighted by Gasteiger charge is 2.29. The molecular weight excluding hydrogens is 499 g/mol. The van der Waals surface area contributed by atoms with E-state index in [9.17, 15) is 17.6 Å². The fraction of sp³-hybridized carbons (Fsp3) is 0.240. The van der Waals surface area contributed by atoms with Crippen LogP contribution in [-0.4, -0.2) is 58.2 Å². The molecule has 0 spiro atoms. The lowest BCUT2D eigenvalue weighted by atomic mass is 10.1. The summed E-state index contributed by atoms with van der Waals surface area (Å²) in [6.07, 6.45) is 6.09. The Kier molecular flexibility index (Phi) is 6.76. The summed E-state index contributed by atoms with van der Waals surface area (Å²) in [5.74, 6) is -0.827. The van der Waals surface area contributed by atoms with Gasteiger partial charge in [-0.15, -0.1) is 0 Å². The number of nitrogens with zero attached hydrogens (tertiary/aromatic N) is 5. The molecule has 4 aromatic rings. The number of carbonyl (C=O) groups is 1.